The normalized spacial score (nSPS) is 32.9. The van der Waals surface area contributed by atoms with Gasteiger partial charge in [-0.2, -0.15) is 0 Å². The molecule has 2 rings (SSSR count). The molecule has 108 valence electrons. The number of hydrogen-bond donors (Lipinski definition) is 4. The summed E-state index contributed by atoms with van der Waals surface area (Å²) in [5.74, 6) is 0. The molecule has 1 saturated heterocycles. The average molecular weight is 285 g/mol. The summed E-state index contributed by atoms with van der Waals surface area (Å²) >= 11 is 0. The zero-order valence-corrected chi connectivity index (χ0v) is 9.95. The fourth-order valence-corrected chi connectivity index (χ4v) is 1.94. The highest BCUT2D eigenvalue weighted by atomic mass is 16.6. The first-order valence-corrected chi connectivity index (χ1v) is 5.48. The number of aliphatic hydroxyl groups excluding tert-OH is 3. The number of nitrogens with one attached hydrogen (secondary N) is 1. The number of nitrogens with zero attached hydrogens (tertiary/aromatic N) is 4. The molecule has 0 amide bonds. The molecule has 0 radical (unpaired) electrons. The molecule has 11 heteroatoms. The topological polar surface area (TPSA) is 174 Å². The summed E-state index contributed by atoms with van der Waals surface area (Å²) in [6.07, 6.45) is -3.76. The van der Waals surface area contributed by atoms with Crippen LogP contribution in [0.3, 0.4) is 0 Å². The van der Waals surface area contributed by atoms with Gasteiger partial charge in [0.25, 0.3) is 5.56 Å². The third-order valence-electron chi connectivity index (χ3n) is 2.97. The van der Waals surface area contributed by atoms with E-state index in [2.05, 4.69) is 10.0 Å². The Morgan fingerprint density at radius 2 is 2.25 bits per heavy atom. The molecule has 4 atom stereocenters. The zero-order chi connectivity index (χ0) is 14.9. The van der Waals surface area contributed by atoms with E-state index in [1.807, 2.05) is 4.98 Å². The molecule has 1 unspecified atom stereocenters. The zero-order valence-electron chi connectivity index (χ0n) is 9.95. The first-order valence-electron chi connectivity index (χ1n) is 5.48. The molecule has 1 aromatic rings. The fraction of sp³-hybridized carbons (Fsp3) is 0.556. The SMILES string of the molecule is [N-]=[N+]=NC1(CO)O[C@@H](n2ccc(=O)[nH]c2=O)[C@H](O)[C@@H]1O. The van der Waals surface area contributed by atoms with E-state index in [0.29, 0.717) is 0 Å². The number of rotatable bonds is 3. The van der Waals surface area contributed by atoms with Gasteiger partial charge in [-0.05, 0) is 5.53 Å². The summed E-state index contributed by atoms with van der Waals surface area (Å²) in [6, 6.07) is 1.01. The van der Waals surface area contributed by atoms with Crippen molar-refractivity contribution < 1.29 is 20.1 Å². The van der Waals surface area contributed by atoms with E-state index < -0.39 is 42.0 Å². The third kappa shape index (κ3) is 2.09. The summed E-state index contributed by atoms with van der Waals surface area (Å²) in [5.41, 5.74) is 4.79. The maximum atomic E-state index is 11.6. The number of aromatic nitrogens is 2. The highest BCUT2D eigenvalue weighted by molar-refractivity contribution is 5.00. The van der Waals surface area contributed by atoms with Crippen LogP contribution < -0.4 is 11.2 Å². The lowest BCUT2D eigenvalue weighted by atomic mass is 10.1. The van der Waals surface area contributed by atoms with E-state index in [-0.39, 0.29) is 0 Å². The molecule has 1 fully saturated rings. The number of aliphatic hydroxyl groups is 3. The van der Waals surface area contributed by atoms with Gasteiger partial charge in [0.05, 0.1) is 6.61 Å². The molecular formula is C9H11N5O6. The van der Waals surface area contributed by atoms with Crippen molar-refractivity contribution in [2.24, 2.45) is 5.11 Å². The number of hydrogen-bond acceptors (Lipinski definition) is 7. The van der Waals surface area contributed by atoms with E-state index in [1.165, 1.54) is 0 Å². The van der Waals surface area contributed by atoms with Crippen molar-refractivity contribution in [2.75, 3.05) is 6.61 Å². The Kier molecular flexibility index (Phi) is 3.61. The lowest BCUT2D eigenvalue weighted by Gasteiger charge is -2.23. The van der Waals surface area contributed by atoms with Gasteiger partial charge in [-0.15, -0.1) is 0 Å². The van der Waals surface area contributed by atoms with Gasteiger partial charge in [0.1, 0.15) is 12.2 Å². The van der Waals surface area contributed by atoms with Gasteiger partial charge in [-0.1, -0.05) is 5.11 Å². The minimum absolute atomic E-state index is 0.650. The van der Waals surface area contributed by atoms with Gasteiger partial charge in [-0.25, -0.2) is 4.79 Å². The number of azide groups is 1. The number of ether oxygens (including phenoxy) is 1. The average Bonchev–Trinajstić information content (AvgIpc) is 2.65. The molecule has 1 aliphatic rings. The van der Waals surface area contributed by atoms with Crippen LogP contribution in [-0.4, -0.2) is 49.4 Å². The van der Waals surface area contributed by atoms with Crippen LogP contribution in [0.4, 0.5) is 0 Å². The smallest absolute Gasteiger partial charge is 0.330 e. The molecule has 2 heterocycles. The Balaban J connectivity index is 2.47. The molecule has 0 aromatic carbocycles. The van der Waals surface area contributed by atoms with Crippen molar-refractivity contribution in [3.8, 4) is 0 Å². The van der Waals surface area contributed by atoms with E-state index in [4.69, 9.17) is 10.3 Å². The second-order valence-electron chi connectivity index (χ2n) is 4.15. The molecular weight excluding hydrogens is 274 g/mol. The second kappa shape index (κ2) is 5.07. The highest BCUT2D eigenvalue weighted by Gasteiger charge is 2.54. The maximum Gasteiger partial charge on any atom is 0.330 e. The first-order chi connectivity index (χ1) is 9.45. The summed E-state index contributed by atoms with van der Waals surface area (Å²) in [6.45, 7) is -0.899. The first kappa shape index (κ1) is 14.2. The number of H-pyrrole nitrogens is 1. The van der Waals surface area contributed by atoms with Gasteiger partial charge in [0.2, 0.25) is 5.72 Å². The Hall–Kier alpha value is -2.17. The molecule has 1 aromatic heterocycles. The summed E-state index contributed by atoms with van der Waals surface area (Å²) < 4.78 is 5.95. The Bertz CT molecular complexity index is 663. The van der Waals surface area contributed by atoms with E-state index in [1.54, 1.807) is 0 Å². The molecule has 0 bridgehead atoms. The van der Waals surface area contributed by atoms with E-state index in [9.17, 15) is 24.9 Å². The van der Waals surface area contributed by atoms with Gasteiger partial charge in [0.15, 0.2) is 6.23 Å². The second-order valence-corrected chi connectivity index (χ2v) is 4.15. The molecule has 11 nitrogen and oxygen atoms in total. The van der Waals surface area contributed by atoms with Crippen molar-refractivity contribution in [1.29, 1.82) is 0 Å². The van der Waals surface area contributed by atoms with Crippen LogP contribution in [-0.2, 0) is 4.74 Å². The lowest BCUT2D eigenvalue weighted by molar-refractivity contribution is -0.125. The van der Waals surface area contributed by atoms with Crippen molar-refractivity contribution in [3.63, 3.8) is 0 Å². The van der Waals surface area contributed by atoms with Crippen LogP contribution >= 0.6 is 0 Å². The molecule has 20 heavy (non-hydrogen) atoms. The van der Waals surface area contributed by atoms with Crippen LogP contribution in [0.2, 0.25) is 0 Å². The molecule has 0 spiro atoms. The van der Waals surface area contributed by atoms with Gasteiger partial charge >= 0.3 is 5.69 Å². The summed E-state index contributed by atoms with van der Waals surface area (Å²) in [5, 5.41) is 32.1. The van der Waals surface area contributed by atoms with Crippen molar-refractivity contribution in [2.45, 2.75) is 24.2 Å². The molecule has 1 aliphatic heterocycles. The van der Waals surface area contributed by atoms with Crippen LogP contribution in [0.15, 0.2) is 27.0 Å². The molecule has 0 aliphatic carbocycles. The Morgan fingerprint density at radius 3 is 2.80 bits per heavy atom. The minimum atomic E-state index is -2.10. The number of aromatic amines is 1. The van der Waals surface area contributed by atoms with Crippen molar-refractivity contribution in [1.82, 2.24) is 9.55 Å². The predicted octanol–water partition coefficient (Wildman–Crippen LogP) is -2.21. The Morgan fingerprint density at radius 1 is 1.55 bits per heavy atom. The van der Waals surface area contributed by atoms with Gasteiger partial charge in [-0.3, -0.25) is 14.3 Å². The quantitative estimate of drug-likeness (QED) is 0.278. The van der Waals surface area contributed by atoms with Crippen LogP contribution in [0.5, 0.6) is 0 Å². The largest absolute Gasteiger partial charge is 0.393 e. The van der Waals surface area contributed by atoms with E-state index in [0.717, 1.165) is 16.8 Å². The lowest BCUT2D eigenvalue weighted by Crippen LogP contribution is -2.44. The third-order valence-corrected chi connectivity index (χ3v) is 2.97. The van der Waals surface area contributed by atoms with Gasteiger partial charge < -0.3 is 20.1 Å². The predicted molar refractivity (Wildman–Crippen MR) is 62.4 cm³/mol. The fourth-order valence-electron chi connectivity index (χ4n) is 1.94. The molecule has 4 N–H and O–H groups in total. The summed E-state index contributed by atoms with van der Waals surface area (Å²) in [4.78, 5) is 26.9. The van der Waals surface area contributed by atoms with Crippen molar-refractivity contribution >= 4 is 0 Å². The van der Waals surface area contributed by atoms with Crippen LogP contribution in [0.25, 0.3) is 10.4 Å². The Labute approximate surface area is 110 Å². The van der Waals surface area contributed by atoms with Crippen LogP contribution in [0.1, 0.15) is 6.23 Å². The molecule has 0 saturated carbocycles. The minimum Gasteiger partial charge on any atom is -0.393 e. The van der Waals surface area contributed by atoms with Crippen molar-refractivity contribution in [3.05, 3.63) is 43.5 Å². The van der Waals surface area contributed by atoms with Gasteiger partial charge in [0, 0.05) is 17.2 Å². The van der Waals surface area contributed by atoms with Crippen LogP contribution in [0, 0.1) is 0 Å². The maximum absolute atomic E-state index is 11.6. The standard InChI is InChI=1S/C9H11N5O6/c10-13-12-9(3-15)6(18)5(17)7(20-9)14-2-1-4(16)11-8(14)19/h1-2,5-7,15,17-18H,3H2,(H,11,16,19)/t5-,6+,7-,9?/m1/s1. The summed E-state index contributed by atoms with van der Waals surface area (Å²) in [7, 11) is 0. The van der Waals surface area contributed by atoms with E-state index >= 15 is 0 Å². The highest BCUT2D eigenvalue weighted by Crippen LogP contribution is 2.37. The monoisotopic (exact) mass is 285 g/mol.